The van der Waals surface area contributed by atoms with Gasteiger partial charge in [-0.2, -0.15) is 13.2 Å². The van der Waals surface area contributed by atoms with Crippen LogP contribution in [0.5, 0.6) is 0 Å². The van der Waals surface area contributed by atoms with Gasteiger partial charge >= 0.3 is 12.2 Å². The lowest BCUT2D eigenvalue weighted by atomic mass is 10.0. The van der Waals surface area contributed by atoms with Crippen LogP contribution in [0, 0.1) is 5.92 Å². The minimum Gasteiger partial charge on any atom is -0.391 e. The van der Waals surface area contributed by atoms with Crippen LogP contribution in [0.2, 0.25) is 0 Å². The summed E-state index contributed by atoms with van der Waals surface area (Å²) in [7, 11) is 0. The number of hydrogen-bond acceptors (Lipinski definition) is 8. The van der Waals surface area contributed by atoms with E-state index in [1.807, 2.05) is 0 Å². The van der Waals surface area contributed by atoms with E-state index in [0.717, 1.165) is 6.42 Å². The Balaban J connectivity index is 2.00. The second-order valence-electron chi connectivity index (χ2n) is 10.2. The number of urea groups is 1. The molecule has 1 aliphatic heterocycles. The SMILES string of the molecule is CC(C)[C@@H](NC(=O)CCCCCN1CC=CC1=O)C(=O)N[C@H](CCCNC(N)=O)C(=O)Nc1nc(C(F)(F)F)c(CO)s1. The molecule has 1 aromatic rings. The molecule has 43 heavy (non-hydrogen) atoms. The van der Waals surface area contributed by atoms with Gasteiger partial charge in [0.2, 0.25) is 23.6 Å². The molecule has 13 nitrogen and oxygen atoms in total. The van der Waals surface area contributed by atoms with Crippen molar-refractivity contribution < 1.29 is 42.3 Å². The molecule has 240 valence electrons. The first kappa shape index (κ1) is 35.5. The summed E-state index contributed by atoms with van der Waals surface area (Å²) in [5.74, 6) is -2.35. The van der Waals surface area contributed by atoms with E-state index in [1.54, 1.807) is 24.8 Å². The van der Waals surface area contributed by atoms with Crippen molar-refractivity contribution in [3.05, 3.63) is 22.7 Å². The lowest BCUT2D eigenvalue weighted by Gasteiger charge is -2.25. The number of aromatic nitrogens is 1. The van der Waals surface area contributed by atoms with Crippen molar-refractivity contribution in [3.63, 3.8) is 0 Å². The average molecular weight is 634 g/mol. The molecule has 7 N–H and O–H groups in total. The van der Waals surface area contributed by atoms with Crippen molar-refractivity contribution in [1.29, 1.82) is 0 Å². The number of nitrogens with two attached hydrogens (primary N) is 1. The Kier molecular flexibility index (Phi) is 13.8. The third-order valence-corrected chi connectivity index (χ3v) is 7.39. The molecule has 0 bridgehead atoms. The number of thiazole rings is 1. The monoisotopic (exact) mass is 633 g/mol. The van der Waals surface area contributed by atoms with Crippen molar-refractivity contribution in [2.75, 3.05) is 25.0 Å². The fourth-order valence-corrected chi connectivity index (χ4v) is 5.04. The van der Waals surface area contributed by atoms with E-state index < -0.39 is 58.4 Å². The number of alkyl halides is 3. The molecule has 1 aromatic heterocycles. The number of hydrogen-bond donors (Lipinski definition) is 6. The minimum absolute atomic E-state index is 0.0317. The Labute approximate surface area is 250 Å². The van der Waals surface area contributed by atoms with Gasteiger partial charge in [-0.1, -0.05) is 37.7 Å². The molecule has 2 heterocycles. The zero-order valence-electron chi connectivity index (χ0n) is 24.0. The van der Waals surface area contributed by atoms with E-state index >= 15 is 0 Å². The number of carbonyl (C=O) groups is 5. The molecule has 0 radical (unpaired) electrons. The molecule has 0 aliphatic carbocycles. The Bertz CT molecular complexity index is 1170. The standard InChI is InChI=1S/C26H38F3N7O6S/c1-15(2)20(33-18(38)9-4-3-5-12-36-13-7-10-19(36)39)23(41)32-16(8-6-11-31-24(30)42)22(40)35-25-34-21(26(27,28)29)17(14-37)43-25/h7,10,15-16,20,37H,3-6,8-9,11-14H2,1-2H3,(H,32,41)(H,33,38)(H3,30,31,42)(H,34,35,40)/t16-,20-/m1/s1. The molecule has 2 atom stereocenters. The maximum atomic E-state index is 13.2. The van der Waals surface area contributed by atoms with Gasteiger partial charge < -0.3 is 37.0 Å². The third-order valence-electron chi connectivity index (χ3n) is 6.44. The molecular formula is C26H38F3N7O6S. The summed E-state index contributed by atoms with van der Waals surface area (Å²) >= 11 is 0.442. The van der Waals surface area contributed by atoms with E-state index in [4.69, 9.17) is 5.73 Å². The highest BCUT2D eigenvalue weighted by Crippen LogP contribution is 2.36. The summed E-state index contributed by atoms with van der Waals surface area (Å²) < 4.78 is 39.7. The normalized spacial score (nSPS) is 14.5. The average Bonchev–Trinajstić information content (AvgIpc) is 3.53. The highest BCUT2D eigenvalue weighted by atomic mass is 32.1. The summed E-state index contributed by atoms with van der Waals surface area (Å²) in [5, 5.41) is 18.7. The Morgan fingerprint density at radius 2 is 1.84 bits per heavy atom. The predicted molar refractivity (Wildman–Crippen MR) is 151 cm³/mol. The van der Waals surface area contributed by atoms with Crippen molar-refractivity contribution in [3.8, 4) is 0 Å². The quantitative estimate of drug-likeness (QED) is 0.140. The van der Waals surface area contributed by atoms with Gasteiger partial charge in [0, 0.05) is 32.1 Å². The minimum atomic E-state index is -4.85. The summed E-state index contributed by atoms with van der Waals surface area (Å²) in [4.78, 5) is 66.0. The van der Waals surface area contributed by atoms with Crippen LogP contribution in [0.1, 0.15) is 62.9 Å². The van der Waals surface area contributed by atoms with Crippen molar-refractivity contribution >= 4 is 46.1 Å². The highest BCUT2D eigenvalue weighted by Gasteiger charge is 2.38. The van der Waals surface area contributed by atoms with Crippen LogP contribution in [-0.4, -0.2) is 76.4 Å². The molecule has 1 aliphatic rings. The maximum Gasteiger partial charge on any atom is 0.434 e. The molecule has 6 amide bonds. The van der Waals surface area contributed by atoms with Gasteiger partial charge in [0.1, 0.15) is 12.1 Å². The maximum absolute atomic E-state index is 13.2. The van der Waals surface area contributed by atoms with Gasteiger partial charge in [-0.05, 0) is 31.6 Å². The largest absolute Gasteiger partial charge is 0.434 e. The van der Waals surface area contributed by atoms with Crippen LogP contribution in [0.3, 0.4) is 0 Å². The first-order valence-electron chi connectivity index (χ1n) is 13.8. The number of primary amides is 1. The number of halogens is 3. The van der Waals surface area contributed by atoms with Crippen molar-refractivity contribution in [2.45, 2.75) is 77.2 Å². The second kappa shape index (κ2) is 16.8. The van der Waals surface area contributed by atoms with Crippen LogP contribution >= 0.6 is 11.3 Å². The van der Waals surface area contributed by atoms with Crippen LogP contribution in [0.4, 0.5) is 23.1 Å². The number of unbranched alkanes of at least 4 members (excludes halogenated alkanes) is 2. The zero-order valence-corrected chi connectivity index (χ0v) is 24.8. The van der Waals surface area contributed by atoms with Gasteiger partial charge in [0.15, 0.2) is 10.8 Å². The zero-order chi connectivity index (χ0) is 32.2. The third kappa shape index (κ3) is 11.8. The van der Waals surface area contributed by atoms with Gasteiger partial charge in [0.25, 0.3) is 0 Å². The molecule has 2 rings (SSSR count). The topological polar surface area (TPSA) is 196 Å². The number of anilines is 1. The van der Waals surface area contributed by atoms with E-state index in [1.165, 1.54) is 6.08 Å². The number of nitrogens with zero attached hydrogens (tertiary/aromatic N) is 2. The lowest BCUT2D eigenvalue weighted by Crippen LogP contribution is -2.54. The smallest absolute Gasteiger partial charge is 0.391 e. The van der Waals surface area contributed by atoms with Crippen LogP contribution in [-0.2, 0) is 32.0 Å². The molecule has 17 heteroatoms. The highest BCUT2D eigenvalue weighted by molar-refractivity contribution is 7.15. The molecule has 0 saturated heterocycles. The fraction of sp³-hybridized carbons (Fsp3) is 0.615. The lowest BCUT2D eigenvalue weighted by molar-refractivity contribution is -0.141. The Hall–Kier alpha value is -3.73. The first-order valence-corrected chi connectivity index (χ1v) is 14.6. The Morgan fingerprint density at radius 1 is 1.12 bits per heavy atom. The van der Waals surface area contributed by atoms with E-state index in [0.29, 0.717) is 37.3 Å². The van der Waals surface area contributed by atoms with Crippen molar-refractivity contribution in [2.24, 2.45) is 11.7 Å². The van der Waals surface area contributed by atoms with E-state index in [9.17, 15) is 42.3 Å². The summed E-state index contributed by atoms with van der Waals surface area (Å²) in [6.07, 6.45) is 0.698. The van der Waals surface area contributed by atoms with Crippen LogP contribution in [0.15, 0.2) is 12.2 Å². The van der Waals surface area contributed by atoms with Crippen LogP contribution < -0.4 is 27.0 Å². The van der Waals surface area contributed by atoms with E-state index in [-0.39, 0.29) is 43.5 Å². The number of nitrogens with one attached hydrogen (secondary N) is 4. The molecule has 0 spiro atoms. The number of aliphatic hydroxyl groups is 1. The predicted octanol–water partition coefficient (Wildman–Crippen LogP) is 1.63. The van der Waals surface area contributed by atoms with Crippen LogP contribution in [0.25, 0.3) is 0 Å². The van der Waals surface area contributed by atoms with E-state index in [2.05, 4.69) is 26.3 Å². The molecule has 0 unspecified atom stereocenters. The number of amides is 6. The van der Waals surface area contributed by atoms with Gasteiger partial charge in [0.05, 0.1) is 11.5 Å². The molecule has 0 aromatic carbocycles. The summed E-state index contributed by atoms with van der Waals surface area (Å²) in [5.41, 5.74) is 3.72. The number of carbonyl (C=O) groups excluding carboxylic acids is 5. The number of aliphatic hydroxyl groups excluding tert-OH is 1. The Morgan fingerprint density at radius 3 is 2.40 bits per heavy atom. The number of rotatable bonds is 17. The van der Waals surface area contributed by atoms with Gasteiger partial charge in [-0.15, -0.1) is 0 Å². The van der Waals surface area contributed by atoms with Gasteiger partial charge in [-0.3, -0.25) is 19.2 Å². The second-order valence-corrected chi connectivity index (χ2v) is 11.3. The molecule has 0 saturated carbocycles. The molecular weight excluding hydrogens is 595 g/mol. The fourth-order valence-electron chi connectivity index (χ4n) is 4.20. The summed E-state index contributed by atoms with van der Waals surface area (Å²) in [6.45, 7) is 3.68. The first-order chi connectivity index (χ1) is 20.2. The molecule has 0 fully saturated rings. The van der Waals surface area contributed by atoms with Crippen molar-refractivity contribution in [1.82, 2.24) is 25.8 Å². The van der Waals surface area contributed by atoms with Gasteiger partial charge in [-0.25, -0.2) is 9.78 Å². The summed E-state index contributed by atoms with van der Waals surface area (Å²) in [6, 6.07) is -3.08.